The second-order valence-corrected chi connectivity index (χ2v) is 4.99. The highest BCUT2D eigenvalue weighted by Crippen LogP contribution is 2.38. The first-order chi connectivity index (χ1) is 6.74. The van der Waals surface area contributed by atoms with E-state index < -0.39 is 0 Å². The van der Waals surface area contributed by atoms with E-state index in [0.29, 0.717) is 11.2 Å². The first kappa shape index (κ1) is 10.2. The highest BCUT2D eigenvalue weighted by atomic mass is 35.5. The van der Waals surface area contributed by atoms with Crippen LogP contribution in [0.2, 0.25) is 5.15 Å². The maximum absolute atomic E-state index is 8.94. The molecule has 0 spiro atoms. The fourth-order valence-electron chi connectivity index (χ4n) is 1.53. The summed E-state index contributed by atoms with van der Waals surface area (Å²) in [7, 11) is 0. The Bertz CT molecular complexity index is 329. The third-order valence-corrected chi connectivity index (χ3v) is 3.95. The summed E-state index contributed by atoms with van der Waals surface area (Å²) in [5.74, 6) is 0.787. The predicted octanol–water partition coefficient (Wildman–Crippen LogP) is 2.50. The van der Waals surface area contributed by atoms with Crippen molar-refractivity contribution in [2.24, 2.45) is 5.92 Å². The third kappa shape index (κ3) is 2.02. The maximum Gasteiger partial charge on any atom is 0.184 e. The highest BCUT2D eigenvalue weighted by Gasteiger charge is 2.35. The fraction of sp³-hybridized carbons (Fsp3) is 0.667. The summed E-state index contributed by atoms with van der Waals surface area (Å²) in [6.45, 7) is 2.17. The Kier molecular flexibility index (Phi) is 2.95. The number of rotatable bonds is 4. The Balaban J connectivity index is 1.97. The molecule has 1 heterocycles. The van der Waals surface area contributed by atoms with Gasteiger partial charge in [0.05, 0.1) is 11.5 Å². The molecule has 5 heteroatoms. The lowest BCUT2D eigenvalue weighted by atomic mass is 10.3. The van der Waals surface area contributed by atoms with E-state index in [0.717, 1.165) is 15.9 Å². The average molecular weight is 233 g/mol. The van der Waals surface area contributed by atoms with E-state index in [9.17, 15) is 0 Å². The molecule has 0 aromatic carbocycles. The van der Waals surface area contributed by atoms with Crippen molar-refractivity contribution in [3.8, 4) is 0 Å². The Hall–Kier alpha value is -0.320. The smallest absolute Gasteiger partial charge is 0.184 e. The van der Waals surface area contributed by atoms with Crippen LogP contribution < -0.4 is 5.32 Å². The molecule has 0 radical (unpaired) electrons. The van der Waals surface area contributed by atoms with Gasteiger partial charge in [-0.1, -0.05) is 36.3 Å². The van der Waals surface area contributed by atoms with Crippen molar-refractivity contribution in [3.05, 3.63) is 10.0 Å². The van der Waals surface area contributed by atoms with Crippen molar-refractivity contribution in [1.29, 1.82) is 0 Å². The lowest BCUT2D eigenvalue weighted by Gasteiger charge is -1.98. The zero-order valence-electron chi connectivity index (χ0n) is 7.96. The van der Waals surface area contributed by atoms with E-state index in [-0.39, 0.29) is 6.61 Å². The van der Waals surface area contributed by atoms with Crippen molar-refractivity contribution < 1.29 is 5.11 Å². The van der Waals surface area contributed by atoms with Gasteiger partial charge in [0.1, 0.15) is 5.15 Å². The van der Waals surface area contributed by atoms with Crippen molar-refractivity contribution in [2.45, 2.75) is 32.4 Å². The summed E-state index contributed by atoms with van der Waals surface area (Å²) < 4.78 is 0. The van der Waals surface area contributed by atoms with Gasteiger partial charge in [-0.25, -0.2) is 4.98 Å². The second kappa shape index (κ2) is 4.04. The molecule has 1 aromatic heterocycles. The quantitative estimate of drug-likeness (QED) is 0.839. The van der Waals surface area contributed by atoms with Gasteiger partial charge in [-0.2, -0.15) is 0 Å². The first-order valence-electron chi connectivity index (χ1n) is 4.77. The summed E-state index contributed by atoms with van der Waals surface area (Å²) in [5, 5.41) is 13.5. The molecule has 2 unspecified atom stereocenters. The van der Waals surface area contributed by atoms with Gasteiger partial charge >= 0.3 is 0 Å². The van der Waals surface area contributed by atoms with Crippen molar-refractivity contribution in [2.75, 3.05) is 5.32 Å². The van der Waals surface area contributed by atoms with Gasteiger partial charge in [0.15, 0.2) is 5.13 Å². The zero-order valence-corrected chi connectivity index (χ0v) is 9.53. The van der Waals surface area contributed by atoms with Crippen molar-refractivity contribution in [3.63, 3.8) is 0 Å². The molecule has 0 aliphatic heterocycles. The molecule has 0 amide bonds. The van der Waals surface area contributed by atoms with Crippen molar-refractivity contribution >= 4 is 28.1 Å². The van der Waals surface area contributed by atoms with Crippen LogP contribution in [0.3, 0.4) is 0 Å². The van der Waals surface area contributed by atoms with Crippen LogP contribution in [0, 0.1) is 5.92 Å². The SMILES string of the molecule is CCC1CC1Nc1nc(Cl)c(CO)s1. The van der Waals surface area contributed by atoms with E-state index in [2.05, 4.69) is 17.2 Å². The zero-order chi connectivity index (χ0) is 10.1. The molecular weight excluding hydrogens is 220 g/mol. The number of nitrogens with zero attached hydrogens (tertiary/aromatic N) is 1. The minimum Gasteiger partial charge on any atom is -0.391 e. The molecule has 2 rings (SSSR count). The van der Waals surface area contributed by atoms with Crippen molar-refractivity contribution in [1.82, 2.24) is 4.98 Å². The van der Waals surface area contributed by atoms with Crippen LogP contribution in [-0.2, 0) is 6.61 Å². The number of halogens is 1. The highest BCUT2D eigenvalue weighted by molar-refractivity contribution is 7.16. The molecule has 1 fully saturated rings. The van der Waals surface area contributed by atoms with Gasteiger partial charge in [-0.3, -0.25) is 0 Å². The second-order valence-electron chi connectivity index (χ2n) is 3.55. The van der Waals surface area contributed by atoms with Crippen LogP contribution in [-0.4, -0.2) is 16.1 Å². The minimum atomic E-state index is -0.0277. The molecule has 78 valence electrons. The topological polar surface area (TPSA) is 45.2 Å². The van der Waals surface area contributed by atoms with E-state index in [1.807, 2.05) is 0 Å². The van der Waals surface area contributed by atoms with Gasteiger partial charge in [0, 0.05) is 6.04 Å². The van der Waals surface area contributed by atoms with E-state index >= 15 is 0 Å². The molecule has 2 atom stereocenters. The summed E-state index contributed by atoms with van der Waals surface area (Å²) in [4.78, 5) is 4.88. The van der Waals surface area contributed by atoms with Crippen LogP contribution in [0.25, 0.3) is 0 Å². The molecule has 0 bridgehead atoms. The number of nitrogens with one attached hydrogen (secondary N) is 1. The number of aliphatic hydroxyl groups excluding tert-OH is 1. The van der Waals surface area contributed by atoms with Gasteiger partial charge in [-0.05, 0) is 12.3 Å². The summed E-state index contributed by atoms with van der Waals surface area (Å²) in [6.07, 6.45) is 2.44. The summed E-state index contributed by atoms with van der Waals surface area (Å²) >= 11 is 7.25. The van der Waals surface area contributed by atoms with Crippen LogP contribution in [0.5, 0.6) is 0 Å². The number of anilines is 1. The van der Waals surface area contributed by atoms with Crippen LogP contribution in [0.1, 0.15) is 24.6 Å². The Morgan fingerprint density at radius 3 is 3.00 bits per heavy atom. The molecule has 1 aliphatic carbocycles. The fourth-order valence-corrected chi connectivity index (χ4v) is 2.61. The van der Waals surface area contributed by atoms with Gasteiger partial charge in [0.25, 0.3) is 0 Å². The van der Waals surface area contributed by atoms with Crippen LogP contribution in [0.15, 0.2) is 0 Å². The third-order valence-electron chi connectivity index (χ3n) is 2.55. The summed E-state index contributed by atoms with van der Waals surface area (Å²) in [6, 6.07) is 0.564. The Morgan fingerprint density at radius 2 is 2.50 bits per heavy atom. The monoisotopic (exact) mass is 232 g/mol. The largest absolute Gasteiger partial charge is 0.391 e. The average Bonchev–Trinajstić information content (AvgIpc) is 2.82. The first-order valence-corrected chi connectivity index (χ1v) is 5.96. The standard InChI is InChI=1S/C9H13ClN2OS/c1-2-5-3-6(5)11-9-12-8(10)7(4-13)14-9/h5-6,13H,2-4H2,1H3,(H,11,12). The normalized spacial score (nSPS) is 25.1. The number of thiazole rings is 1. The molecule has 2 N–H and O–H groups in total. The van der Waals surface area contributed by atoms with Gasteiger partial charge < -0.3 is 10.4 Å². The minimum absolute atomic E-state index is 0.0277. The van der Waals surface area contributed by atoms with E-state index in [4.69, 9.17) is 16.7 Å². The molecule has 1 aliphatic rings. The molecule has 1 saturated carbocycles. The number of hydrogen-bond acceptors (Lipinski definition) is 4. The number of aromatic nitrogens is 1. The molecule has 3 nitrogen and oxygen atoms in total. The Labute approximate surface area is 92.1 Å². The lowest BCUT2D eigenvalue weighted by molar-refractivity contribution is 0.285. The summed E-state index contributed by atoms with van der Waals surface area (Å²) in [5.41, 5.74) is 0. The van der Waals surface area contributed by atoms with Crippen LogP contribution in [0.4, 0.5) is 5.13 Å². The molecular formula is C9H13ClN2OS. The van der Waals surface area contributed by atoms with Crippen LogP contribution >= 0.6 is 22.9 Å². The Morgan fingerprint density at radius 1 is 1.71 bits per heavy atom. The number of aliphatic hydroxyl groups is 1. The predicted molar refractivity (Wildman–Crippen MR) is 58.9 cm³/mol. The molecule has 0 saturated heterocycles. The number of hydrogen-bond donors (Lipinski definition) is 2. The van der Waals surface area contributed by atoms with Gasteiger partial charge in [-0.15, -0.1) is 0 Å². The lowest BCUT2D eigenvalue weighted by Crippen LogP contribution is -2.03. The maximum atomic E-state index is 8.94. The van der Waals surface area contributed by atoms with Gasteiger partial charge in [0.2, 0.25) is 0 Å². The van der Waals surface area contributed by atoms with E-state index in [1.54, 1.807) is 0 Å². The van der Waals surface area contributed by atoms with E-state index in [1.165, 1.54) is 24.2 Å². The molecule has 1 aromatic rings. The molecule has 14 heavy (non-hydrogen) atoms.